The third-order valence-electron chi connectivity index (χ3n) is 4.08. The standard InChI is InChI=1S/C16H20N2O3S/c1-11-6-13(21-17-11)7-12-9-18(10-15(12)20-2)16(19)8-14-4-3-5-22-14/h3-6,12,15H,7-10H2,1-2H3/t12-,15+/m1/s1. The Kier molecular flexibility index (Phi) is 4.59. The van der Waals surface area contributed by atoms with Gasteiger partial charge in [0.1, 0.15) is 5.76 Å². The Morgan fingerprint density at radius 1 is 1.55 bits per heavy atom. The van der Waals surface area contributed by atoms with E-state index in [1.54, 1.807) is 18.4 Å². The molecule has 22 heavy (non-hydrogen) atoms. The summed E-state index contributed by atoms with van der Waals surface area (Å²) >= 11 is 1.62. The van der Waals surface area contributed by atoms with Crippen LogP contribution in [0.2, 0.25) is 0 Å². The van der Waals surface area contributed by atoms with Crippen LogP contribution in [-0.2, 0) is 22.4 Å². The van der Waals surface area contributed by atoms with E-state index in [1.165, 1.54) is 0 Å². The van der Waals surface area contributed by atoms with Gasteiger partial charge in [-0.3, -0.25) is 4.79 Å². The zero-order chi connectivity index (χ0) is 15.5. The normalized spacial score (nSPS) is 21.5. The Hall–Kier alpha value is -1.66. The number of aromatic nitrogens is 1. The second-order valence-electron chi connectivity index (χ2n) is 5.73. The summed E-state index contributed by atoms with van der Waals surface area (Å²) in [7, 11) is 1.70. The van der Waals surface area contributed by atoms with E-state index < -0.39 is 0 Å². The first-order chi connectivity index (χ1) is 10.7. The number of methoxy groups -OCH3 is 1. The van der Waals surface area contributed by atoms with Crippen LogP contribution in [0.5, 0.6) is 0 Å². The van der Waals surface area contributed by atoms with Gasteiger partial charge in [-0.25, -0.2) is 0 Å². The highest BCUT2D eigenvalue weighted by molar-refractivity contribution is 7.10. The molecule has 0 unspecified atom stereocenters. The highest BCUT2D eigenvalue weighted by Crippen LogP contribution is 2.25. The highest BCUT2D eigenvalue weighted by Gasteiger charge is 2.36. The molecule has 3 heterocycles. The van der Waals surface area contributed by atoms with Crippen LogP contribution in [0.4, 0.5) is 0 Å². The molecule has 2 atom stereocenters. The first kappa shape index (κ1) is 15.2. The molecular formula is C16H20N2O3S. The van der Waals surface area contributed by atoms with E-state index in [9.17, 15) is 4.79 Å². The largest absolute Gasteiger partial charge is 0.379 e. The van der Waals surface area contributed by atoms with Gasteiger partial charge >= 0.3 is 0 Å². The molecular weight excluding hydrogens is 300 g/mol. The zero-order valence-electron chi connectivity index (χ0n) is 12.8. The summed E-state index contributed by atoms with van der Waals surface area (Å²) in [4.78, 5) is 15.4. The van der Waals surface area contributed by atoms with Gasteiger partial charge in [-0.15, -0.1) is 11.3 Å². The van der Waals surface area contributed by atoms with Gasteiger partial charge in [0.15, 0.2) is 0 Å². The number of likely N-dealkylation sites (tertiary alicyclic amines) is 1. The number of nitrogens with zero attached hydrogens (tertiary/aromatic N) is 2. The fourth-order valence-corrected chi connectivity index (χ4v) is 3.65. The topological polar surface area (TPSA) is 55.6 Å². The van der Waals surface area contributed by atoms with Crippen molar-refractivity contribution in [2.45, 2.75) is 25.9 Å². The van der Waals surface area contributed by atoms with Crippen LogP contribution in [-0.4, -0.2) is 42.3 Å². The van der Waals surface area contributed by atoms with Crippen molar-refractivity contribution >= 4 is 17.2 Å². The Balaban J connectivity index is 1.62. The number of hydrogen-bond donors (Lipinski definition) is 0. The number of aryl methyl sites for hydroxylation is 1. The summed E-state index contributed by atoms with van der Waals surface area (Å²) in [5, 5.41) is 5.92. The molecule has 0 radical (unpaired) electrons. The third-order valence-corrected chi connectivity index (χ3v) is 4.96. The molecule has 0 spiro atoms. The maximum absolute atomic E-state index is 12.4. The molecule has 5 nitrogen and oxygen atoms in total. The number of carbonyl (C=O) groups excluding carboxylic acids is 1. The molecule has 0 aliphatic carbocycles. The fourth-order valence-electron chi connectivity index (χ4n) is 2.95. The van der Waals surface area contributed by atoms with Gasteiger partial charge in [-0.05, 0) is 18.4 Å². The van der Waals surface area contributed by atoms with Crippen LogP contribution in [0.15, 0.2) is 28.1 Å². The molecule has 1 amide bonds. The summed E-state index contributed by atoms with van der Waals surface area (Å²) in [6.45, 7) is 3.27. The van der Waals surface area contributed by atoms with Gasteiger partial charge in [0, 0.05) is 43.5 Å². The van der Waals surface area contributed by atoms with Crippen LogP contribution in [0.3, 0.4) is 0 Å². The van der Waals surface area contributed by atoms with Crippen LogP contribution in [0, 0.1) is 12.8 Å². The second-order valence-corrected chi connectivity index (χ2v) is 6.76. The smallest absolute Gasteiger partial charge is 0.227 e. The first-order valence-corrected chi connectivity index (χ1v) is 8.29. The lowest BCUT2D eigenvalue weighted by atomic mass is 10.0. The first-order valence-electron chi connectivity index (χ1n) is 7.41. The average Bonchev–Trinajstić information content (AvgIpc) is 3.21. The van der Waals surface area contributed by atoms with E-state index in [0.29, 0.717) is 19.5 Å². The van der Waals surface area contributed by atoms with Crippen LogP contribution in [0.1, 0.15) is 16.3 Å². The molecule has 0 N–H and O–H groups in total. The number of amides is 1. The van der Waals surface area contributed by atoms with Gasteiger partial charge in [-0.1, -0.05) is 11.2 Å². The Morgan fingerprint density at radius 3 is 3.05 bits per heavy atom. The molecule has 2 aromatic heterocycles. The quantitative estimate of drug-likeness (QED) is 0.848. The fraction of sp³-hybridized carbons (Fsp3) is 0.500. The van der Waals surface area contributed by atoms with E-state index in [0.717, 1.165) is 22.8 Å². The zero-order valence-corrected chi connectivity index (χ0v) is 13.6. The van der Waals surface area contributed by atoms with Crippen molar-refractivity contribution in [1.82, 2.24) is 10.1 Å². The van der Waals surface area contributed by atoms with Gasteiger partial charge in [0.2, 0.25) is 5.91 Å². The summed E-state index contributed by atoms with van der Waals surface area (Å²) in [5.74, 6) is 1.28. The molecule has 1 aliphatic rings. The monoisotopic (exact) mass is 320 g/mol. The SMILES string of the molecule is CO[C@H]1CN(C(=O)Cc2cccs2)C[C@H]1Cc1cc(C)no1. The van der Waals surface area contributed by atoms with E-state index in [2.05, 4.69) is 5.16 Å². The minimum Gasteiger partial charge on any atom is -0.379 e. The van der Waals surface area contributed by atoms with Crippen molar-refractivity contribution in [3.63, 3.8) is 0 Å². The number of thiophene rings is 1. The minimum absolute atomic E-state index is 0.0534. The molecule has 0 aromatic carbocycles. The maximum Gasteiger partial charge on any atom is 0.227 e. The van der Waals surface area contributed by atoms with Crippen LogP contribution in [0.25, 0.3) is 0 Å². The molecule has 6 heteroatoms. The lowest BCUT2D eigenvalue weighted by Crippen LogP contribution is -2.31. The Morgan fingerprint density at radius 2 is 2.41 bits per heavy atom. The minimum atomic E-state index is 0.0534. The van der Waals surface area contributed by atoms with E-state index in [-0.39, 0.29) is 17.9 Å². The number of ether oxygens (including phenoxy) is 1. The lowest BCUT2D eigenvalue weighted by Gasteiger charge is -2.15. The van der Waals surface area contributed by atoms with Crippen molar-refractivity contribution in [3.05, 3.63) is 39.9 Å². The molecule has 0 bridgehead atoms. The molecule has 1 saturated heterocycles. The number of rotatable bonds is 5. The highest BCUT2D eigenvalue weighted by atomic mass is 32.1. The number of hydrogen-bond acceptors (Lipinski definition) is 5. The van der Waals surface area contributed by atoms with Crippen molar-refractivity contribution in [2.24, 2.45) is 5.92 Å². The Labute approximate surface area is 133 Å². The Bertz CT molecular complexity index is 623. The maximum atomic E-state index is 12.4. The molecule has 1 aliphatic heterocycles. The van der Waals surface area contributed by atoms with Crippen molar-refractivity contribution in [3.8, 4) is 0 Å². The van der Waals surface area contributed by atoms with Gasteiger partial charge in [-0.2, -0.15) is 0 Å². The second kappa shape index (κ2) is 6.62. The third kappa shape index (κ3) is 3.39. The summed E-state index contributed by atoms with van der Waals surface area (Å²) in [5.41, 5.74) is 0.882. The summed E-state index contributed by atoms with van der Waals surface area (Å²) < 4.78 is 10.9. The van der Waals surface area contributed by atoms with Crippen molar-refractivity contribution in [2.75, 3.05) is 20.2 Å². The molecule has 3 rings (SSSR count). The van der Waals surface area contributed by atoms with Gasteiger partial charge in [0.25, 0.3) is 0 Å². The van der Waals surface area contributed by atoms with Crippen LogP contribution >= 0.6 is 11.3 Å². The molecule has 0 saturated carbocycles. The van der Waals surface area contributed by atoms with E-state index in [1.807, 2.05) is 35.4 Å². The molecule has 2 aromatic rings. The summed E-state index contributed by atoms with van der Waals surface area (Å²) in [6, 6.07) is 5.92. The number of carbonyl (C=O) groups is 1. The van der Waals surface area contributed by atoms with Gasteiger partial charge < -0.3 is 14.2 Å². The van der Waals surface area contributed by atoms with Crippen molar-refractivity contribution < 1.29 is 14.1 Å². The van der Waals surface area contributed by atoms with Crippen LogP contribution < -0.4 is 0 Å². The van der Waals surface area contributed by atoms with E-state index >= 15 is 0 Å². The lowest BCUT2D eigenvalue weighted by molar-refractivity contribution is -0.129. The molecule has 1 fully saturated rings. The predicted octanol–water partition coefficient (Wildman–Crippen LogP) is 2.30. The predicted molar refractivity (Wildman–Crippen MR) is 83.8 cm³/mol. The van der Waals surface area contributed by atoms with E-state index in [4.69, 9.17) is 9.26 Å². The van der Waals surface area contributed by atoms with Gasteiger partial charge in [0.05, 0.1) is 18.2 Å². The average molecular weight is 320 g/mol. The van der Waals surface area contributed by atoms with Crippen molar-refractivity contribution in [1.29, 1.82) is 0 Å². The summed E-state index contributed by atoms with van der Waals surface area (Å²) in [6.07, 6.45) is 1.28. The molecule has 118 valence electrons.